The minimum atomic E-state index is -0.146. The number of hydrogen-bond donors (Lipinski definition) is 0. The SMILES string of the molecule is CC(C#N)N(Cc1ccccc1)c1ccccc1. The predicted octanol–water partition coefficient (Wildman–Crippen LogP) is 3.61. The third kappa shape index (κ3) is 2.89. The molecule has 0 saturated carbocycles. The number of nitriles is 1. The molecule has 0 bridgehead atoms. The lowest BCUT2D eigenvalue weighted by Crippen LogP contribution is -2.31. The Morgan fingerprint density at radius 2 is 1.56 bits per heavy atom. The molecule has 1 atom stereocenters. The van der Waals surface area contributed by atoms with Gasteiger partial charge in [0.1, 0.15) is 6.04 Å². The number of nitrogens with zero attached hydrogens (tertiary/aromatic N) is 2. The molecule has 0 spiro atoms. The first-order valence-electron chi connectivity index (χ1n) is 6.06. The summed E-state index contributed by atoms with van der Waals surface area (Å²) in [6, 6.07) is 22.4. The van der Waals surface area contributed by atoms with Crippen LogP contribution in [0.5, 0.6) is 0 Å². The van der Waals surface area contributed by atoms with E-state index in [9.17, 15) is 0 Å². The first kappa shape index (κ1) is 12.2. The van der Waals surface area contributed by atoms with E-state index in [-0.39, 0.29) is 6.04 Å². The molecule has 2 heteroatoms. The van der Waals surface area contributed by atoms with Crippen LogP contribution in [0.3, 0.4) is 0 Å². The summed E-state index contributed by atoms with van der Waals surface area (Å²) in [7, 11) is 0. The van der Waals surface area contributed by atoms with Gasteiger partial charge in [-0.15, -0.1) is 0 Å². The van der Waals surface area contributed by atoms with E-state index in [1.807, 2.05) is 55.5 Å². The summed E-state index contributed by atoms with van der Waals surface area (Å²) in [5, 5.41) is 9.15. The predicted molar refractivity (Wildman–Crippen MR) is 74.1 cm³/mol. The molecule has 0 radical (unpaired) electrons. The standard InChI is InChI=1S/C16H16N2/c1-14(12-17)18(16-10-6-3-7-11-16)13-15-8-4-2-5-9-15/h2-11,14H,13H2,1H3. The van der Waals surface area contributed by atoms with Crippen molar-refractivity contribution in [3.8, 4) is 6.07 Å². The Kier molecular flexibility index (Phi) is 3.98. The molecule has 18 heavy (non-hydrogen) atoms. The molecule has 0 amide bonds. The molecule has 0 aromatic heterocycles. The van der Waals surface area contributed by atoms with E-state index < -0.39 is 0 Å². The van der Waals surface area contributed by atoms with E-state index in [0.717, 1.165) is 12.2 Å². The second kappa shape index (κ2) is 5.88. The van der Waals surface area contributed by atoms with Crippen LogP contribution in [0.15, 0.2) is 60.7 Å². The molecule has 2 aromatic carbocycles. The highest BCUT2D eigenvalue weighted by Crippen LogP contribution is 2.19. The number of anilines is 1. The quantitative estimate of drug-likeness (QED) is 0.811. The van der Waals surface area contributed by atoms with E-state index in [4.69, 9.17) is 5.26 Å². The van der Waals surface area contributed by atoms with E-state index in [0.29, 0.717) is 0 Å². The van der Waals surface area contributed by atoms with Crippen LogP contribution in [0.1, 0.15) is 12.5 Å². The van der Waals surface area contributed by atoms with Crippen LogP contribution in [0.25, 0.3) is 0 Å². The first-order valence-corrected chi connectivity index (χ1v) is 6.06. The maximum atomic E-state index is 9.15. The molecule has 0 aliphatic rings. The molecular formula is C16H16N2. The molecule has 2 aromatic rings. The van der Waals surface area contributed by atoms with Gasteiger partial charge < -0.3 is 4.90 Å². The van der Waals surface area contributed by atoms with Crippen LogP contribution in [-0.4, -0.2) is 6.04 Å². The third-order valence-corrected chi connectivity index (χ3v) is 2.94. The molecule has 0 heterocycles. The van der Waals surface area contributed by atoms with Crippen LogP contribution >= 0.6 is 0 Å². The van der Waals surface area contributed by atoms with E-state index in [1.165, 1.54) is 5.56 Å². The fourth-order valence-electron chi connectivity index (χ4n) is 1.92. The van der Waals surface area contributed by atoms with Crippen LogP contribution < -0.4 is 4.90 Å². The van der Waals surface area contributed by atoms with E-state index >= 15 is 0 Å². The van der Waals surface area contributed by atoms with Crippen molar-refractivity contribution in [2.24, 2.45) is 0 Å². The summed E-state index contributed by atoms with van der Waals surface area (Å²) in [4.78, 5) is 2.11. The van der Waals surface area contributed by atoms with Gasteiger partial charge in [-0.3, -0.25) is 0 Å². The highest BCUT2D eigenvalue weighted by atomic mass is 15.2. The van der Waals surface area contributed by atoms with Gasteiger partial charge in [-0.25, -0.2) is 0 Å². The number of hydrogen-bond acceptors (Lipinski definition) is 2. The Labute approximate surface area is 108 Å². The Balaban J connectivity index is 2.25. The van der Waals surface area contributed by atoms with Crippen molar-refractivity contribution in [1.82, 2.24) is 0 Å². The summed E-state index contributed by atoms with van der Waals surface area (Å²) in [6.45, 7) is 2.68. The summed E-state index contributed by atoms with van der Waals surface area (Å²) < 4.78 is 0. The number of benzene rings is 2. The van der Waals surface area contributed by atoms with Gasteiger partial charge in [0.05, 0.1) is 6.07 Å². The van der Waals surface area contributed by atoms with Crippen molar-refractivity contribution < 1.29 is 0 Å². The maximum absolute atomic E-state index is 9.15. The summed E-state index contributed by atoms with van der Waals surface area (Å²) in [6.07, 6.45) is 0. The fraction of sp³-hybridized carbons (Fsp3) is 0.188. The normalized spacial score (nSPS) is 11.6. The van der Waals surface area contributed by atoms with Crippen molar-refractivity contribution in [3.05, 3.63) is 66.2 Å². The smallest absolute Gasteiger partial charge is 0.114 e. The van der Waals surface area contributed by atoms with Crippen LogP contribution in [0, 0.1) is 11.3 Å². The highest BCUT2D eigenvalue weighted by molar-refractivity contribution is 5.48. The van der Waals surface area contributed by atoms with Gasteiger partial charge in [-0.2, -0.15) is 5.26 Å². The van der Waals surface area contributed by atoms with E-state index in [2.05, 4.69) is 23.1 Å². The maximum Gasteiger partial charge on any atom is 0.114 e. The lowest BCUT2D eigenvalue weighted by Gasteiger charge is -2.27. The van der Waals surface area contributed by atoms with Gasteiger partial charge in [-0.1, -0.05) is 48.5 Å². The molecule has 0 fully saturated rings. The van der Waals surface area contributed by atoms with Gasteiger partial charge >= 0.3 is 0 Å². The average Bonchev–Trinajstić information content (AvgIpc) is 2.46. The lowest BCUT2D eigenvalue weighted by molar-refractivity contribution is 0.742. The average molecular weight is 236 g/mol. The molecule has 2 nitrogen and oxygen atoms in total. The lowest BCUT2D eigenvalue weighted by atomic mass is 10.1. The Morgan fingerprint density at radius 1 is 1.00 bits per heavy atom. The van der Waals surface area contributed by atoms with Crippen LogP contribution in [0.4, 0.5) is 5.69 Å². The van der Waals surface area contributed by atoms with Crippen molar-refractivity contribution in [1.29, 1.82) is 5.26 Å². The molecule has 0 N–H and O–H groups in total. The second-order valence-corrected chi connectivity index (χ2v) is 4.25. The van der Waals surface area contributed by atoms with Crippen LogP contribution in [0.2, 0.25) is 0 Å². The highest BCUT2D eigenvalue weighted by Gasteiger charge is 2.13. The zero-order valence-electron chi connectivity index (χ0n) is 10.5. The number of para-hydroxylation sites is 1. The molecule has 0 saturated heterocycles. The Bertz CT molecular complexity index is 514. The van der Waals surface area contributed by atoms with Gasteiger partial charge in [0.25, 0.3) is 0 Å². The minimum absolute atomic E-state index is 0.146. The molecule has 2 rings (SSSR count). The van der Waals surface area contributed by atoms with Crippen molar-refractivity contribution in [3.63, 3.8) is 0 Å². The molecular weight excluding hydrogens is 220 g/mol. The zero-order chi connectivity index (χ0) is 12.8. The minimum Gasteiger partial charge on any atom is -0.351 e. The molecule has 0 aliphatic carbocycles. The van der Waals surface area contributed by atoms with Crippen molar-refractivity contribution in [2.45, 2.75) is 19.5 Å². The van der Waals surface area contributed by atoms with Crippen molar-refractivity contribution in [2.75, 3.05) is 4.90 Å². The summed E-state index contributed by atoms with van der Waals surface area (Å²) >= 11 is 0. The van der Waals surface area contributed by atoms with Crippen molar-refractivity contribution >= 4 is 5.69 Å². The Hall–Kier alpha value is -2.27. The fourth-order valence-corrected chi connectivity index (χ4v) is 1.92. The monoisotopic (exact) mass is 236 g/mol. The number of rotatable bonds is 4. The topological polar surface area (TPSA) is 27.0 Å². The molecule has 0 aliphatic heterocycles. The van der Waals surface area contributed by atoms with Crippen LogP contribution in [-0.2, 0) is 6.54 Å². The summed E-state index contributed by atoms with van der Waals surface area (Å²) in [5.41, 5.74) is 2.29. The zero-order valence-corrected chi connectivity index (χ0v) is 10.5. The largest absolute Gasteiger partial charge is 0.351 e. The molecule has 90 valence electrons. The second-order valence-electron chi connectivity index (χ2n) is 4.25. The van der Waals surface area contributed by atoms with E-state index in [1.54, 1.807) is 0 Å². The van der Waals surface area contributed by atoms with Gasteiger partial charge in [0.2, 0.25) is 0 Å². The Morgan fingerprint density at radius 3 is 2.11 bits per heavy atom. The van der Waals surface area contributed by atoms with Gasteiger partial charge in [0.15, 0.2) is 0 Å². The van der Waals surface area contributed by atoms with Gasteiger partial charge in [0, 0.05) is 12.2 Å². The third-order valence-electron chi connectivity index (χ3n) is 2.94. The van der Waals surface area contributed by atoms with Gasteiger partial charge in [-0.05, 0) is 24.6 Å². The molecule has 1 unspecified atom stereocenters. The summed E-state index contributed by atoms with van der Waals surface area (Å²) in [5.74, 6) is 0. The first-order chi connectivity index (χ1) is 8.81.